The summed E-state index contributed by atoms with van der Waals surface area (Å²) in [6, 6.07) is 0. The standard InChI is InChI=1S/C84H164O17P2/c1-6-10-13-16-19-22-24-26-28-30-32-34-36-38-40-42-44-46-49-52-58-63-68-82(87)95-73-79(100-83(88)69-64-59-53-50-47-45-43-41-39-37-35-33-31-29-27-25-23-20-17-14-11-7-2)75-98-102(90,91)96-71-78(85)72-97-103(92,93)99-76-80(74-94-81(86)67-62-57-51-48-21-18-15-12-8-3)101-84(89)70-65-60-55-54-56-61-66-77(5)9-4/h77-80,85H,6-76H2,1-5H3,(H,90,91)(H,92,93)/t77?,78-,79-,80-/m1/s1. The average Bonchev–Trinajstić information content (AvgIpc) is 0.941. The first-order valence-corrected chi connectivity index (χ1v) is 46.7. The maximum Gasteiger partial charge on any atom is 0.472 e. The molecular weight excluding hydrogens is 1340 g/mol. The van der Waals surface area contributed by atoms with Crippen LogP contribution in [0, 0.1) is 5.92 Å². The van der Waals surface area contributed by atoms with Crippen molar-refractivity contribution in [3.63, 3.8) is 0 Å². The van der Waals surface area contributed by atoms with Crippen molar-refractivity contribution in [2.75, 3.05) is 39.6 Å². The van der Waals surface area contributed by atoms with E-state index >= 15 is 0 Å². The molecule has 3 unspecified atom stereocenters. The van der Waals surface area contributed by atoms with Gasteiger partial charge in [0.2, 0.25) is 0 Å². The van der Waals surface area contributed by atoms with Crippen molar-refractivity contribution in [2.24, 2.45) is 5.92 Å². The van der Waals surface area contributed by atoms with Crippen molar-refractivity contribution >= 4 is 39.5 Å². The summed E-state index contributed by atoms with van der Waals surface area (Å²) in [5, 5.41) is 10.6. The highest BCUT2D eigenvalue weighted by Gasteiger charge is 2.30. The highest BCUT2D eigenvalue weighted by Crippen LogP contribution is 2.45. The summed E-state index contributed by atoms with van der Waals surface area (Å²) >= 11 is 0. The van der Waals surface area contributed by atoms with Gasteiger partial charge < -0.3 is 33.8 Å². The van der Waals surface area contributed by atoms with E-state index in [2.05, 4.69) is 34.6 Å². The van der Waals surface area contributed by atoms with Crippen LogP contribution in [0.15, 0.2) is 0 Å². The van der Waals surface area contributed by atoms with Crippen molar-refractivity contribution in [3.05, 3.63) is 0 Å². The minimum absolute atomic E-state index is 0.104. The van der Waals surface area contributed by atoms with Crippen LogP contribution in [0.4, 0.5) is 0 Å². The molecule has 0 aromatic carbocycles. The van der Waals surface area contributed by atoms with E-state index in [1.807, 2.05) is 0 Å². The van der Waals surface area contributed by atoms with E-state index in [1.165, 1.54) is 276 Å². The second-order valence-corrected chi connectivity index (χ2v) is 33.4. The molecule has 0 saturated carbocycles. The Labute approximate surface area is 632 Å². The minimum atomic E-state index is -4.96. The SMILES string of the molecule is CCCCCCCCCCCCCCCCCCCCCCCCC(=O)OC[C@H](COP(=O)(O)OC[C@@H](O)COP(=O)(O)OC[C@@H](COC(=O)CCCCCCCCCCC)OC(=O)CCCCCCCCC(C)CC)OC(=O)CCCCCCCCCCCCCCCCCCCCCCCC. The van der Waals surface area contributed by atoms with E-state index in [1.54, 1.807) is 0 Å². The van der Waals surface area contributed by atoms with Crippen LogP contribution in [-0.2, 0) is 65.4 Å². The smallest absolute Gasteiger partial charge is 0.462 e. The highest BCUT2D eigenvalue weighted by atomic mass is 31.2. The quantitative estimate of drug-likeness (QED) is 0.0222. The third-order valence-electron chi connectivity index (χ3n) is 20.1. The lowest BCUT2D eigenvalue weighted by atomic mass is 10.00. The number of carbonyl (C=O) groups excluding carboxylic acids is 4. The van der Waals surface area contributed by atoms with E-state index < -0.39 is 97.5 Å². The molecule has 0 aromatic rings. The van der Waals surface area contributed by atoms with Crippen LogP contribution in [0.3, 0.4) is 0 Å². The molecule has 0 radical (unpaired) electrons. The van der Waals surface area contributed by atoms with Crippen LogP contribution in [0.1, 0.15) is 452 Å². The molecule has 0 aliphatic carbocycles. The van der Waals surface area contributed by atoms with Gasteiger partial charge in [-0.3, -0.25) is 37.3 Å². The summed E-state index contributed by atoms with van der Waals surface area (Å²) < 4.78 is 68.7. The van der Waals surface area contributed by atoms with Gasteiger partial charge in [-0.1, -0.05) is 401 Å². The summed E-state index contributed by atoms with van der Waals surface area (Å²) in [6.45, 7) is 7.26. The summed E-state index contributed by atoms with van der Waals surface area (Å²) in [5.41, 5.74) is 0. The Kier molecular flexibility index (Phi) is 75.4. The van der Waals surface area contributed by atoms with Crippen molar-refractivity contribution < 1.29 is 80.2 Å². The number of aliphatic hydroxyl groups is 1. The Morgan fingerprint density at radius 1 is 0.272 bits per heavy atom. The van der Waals surface area contributed by atoms with Gasteiger partial charge in [-0.25, -0.2) is 9.13 Å². The molecule has 0 rings (SSSR count). The molecule has 0 heterocycles. The van der Waals surface area contributed by atoms with Crippen LogP contribution in [0.25, 0.3) is 0 Å². The number of unbranched alkanes of at least 4 members (excludes halogenated alkanes) is 55. The topological polar surface area (TPSA) is 237 Å². The number of esters is 4. The molecule has 19 heteroatoms. The fraction of sp³-hybridized carbons (Fsp3) is 0.952. The Bertz CT molecular complexity index is 1960. The summed E-state index contributed by atoms with van der Waals surface area (Å²) in [6.07, 6.45) is 69.9. The lowest BCUT2D eigenvalue weighted by Gasteiger charge is -2.21. The Balaban J connectivity index is 5.14. The molecule has 103 heavy (non-hydrogen) atoms. The number of aliphatic hydroxyl groups excluding tert-OH is 1. The average molecular weight is 1510 g/mol. The highest BCUT2D eigenvalue weighted by molar-refractivity contribution is 7.47. The van der Waals surface area contributed by atoms with Crippen molar-refractivity contribution in [1.29, 1.82) is 0 Å². The third-order valence-corrected chi connectivity index (χ3v) is 22.0. The van der Waals surface area contributed by atoms with Gasteiger partial charge >= 0.3 is 39.5 Å². The maximum absolute atomic E-state index is 13.1. The second kappa shape index (κ2) is 76.8. The van der Waals surface area contributed by atoms with Crippen LogP contribution in [0.2, 0.25) is 0 Å². The van der Waals surface area contributed by atoms with E-state index in [0.717, 1.165) is 95.8 Å². The van der Waals surface area contributed by atoms with E-state index in [0.29, 0.717) is 25.7 Å². The molecule has 6 atom stereocenters. The fourth-order valence-electron chi connectivity index (χ4n) is 13.1. The van der Waals surface area contributed by atoms with Gasteiger partial charge in [0.05, 0.1) is 26.4 Å². The molecule has 612 valence electrons. The number of hydrogen-bond acceptors (Lipinski definition) is 15. The zero-order chi connectivity index (χ0) is 75.5. The molecule has 0 aromatic heterocycles. The van der Waals surface area contributed by atoms with Gasteiger partial charge in [0, 0.05) is 25.7 Å². The molecule has 0 aliphatic heterocycles. The summed E-state index contributed by atoms with van der Waals surface area (Å²) in [4.78, 5) is 73.0. The number of phosphoric ester groups is 2. The normalized spacial score (nSPS) is 14.1. The molecule has 3 N–H and O–H groups in total. The van der Waals surface area contributed by atoms with E-state index in [-0.39, 0.29) is 25.7 Å². The number of ether oxygens (including phenoxy) is 4. The molecular formula is C84H164O17P2. The first kappa shape index (κ1) is 101. The largest absolute Gasteiger partial charge is 0.472 e. The van der Waals surface area contributed by atoms with Gasteiger partial charge in [0.25, 0.3) is 0 Å². The molecule has 0 bridgehead atoms. The number of rotatable bonds is 84. The van der Waals surface area contributed by atoms with Crippen LogP contribution in [-0.4, -0.2) is 96.7 Å². The Morgan fingerprint density at radius 3 is 0.689 bits per heavy atom. The Hall–Kier alpha value is -1.94. The summed E-state index contributed by atoms with van der Waals surface area (Å²) in [5.74, 6) is -1.39. The monoisotopic (exact) mass is 1510 g/mol. The molecule has 17 nitrogen and oxygen atoms in total. The van der Waals surface area contributed by atoms with Crippen molar-refractivity contribution in [3.8, 4) is 0 Å². The first-order chi connectivity index (χ1) is 50.1. The molecule has 0 saturated heterocycles. The predicted molar refractivity (Wildman–Crippen MR) is 423 cm³/mol. The zero-order valence-electron chi connectivity index (χ0n) is 67.5. The van der Waals surface area contributed by atoms with Gasteiger partial charge in [0.1, 0.15) is 19.3 Å². The molecule has 0 spiro atoms. The number of hydrogen-bond donors (Lipinski definition) is 3. The minimum Gasteiger partial charge on any atom is -0.462 e. The van der Waals surface area contributed by atoms with Crippen LogP contribution < -0.4 is 0 Å². The van der Waals surface area contributed by atoms with Gasteiger partial charge in [0.15, 0.2) is 12.2 Å². The van der Waals surface area contributed by atoms with Gasteiger partial charge in [-0.05, 0) is 31.6 Å². The molecule has 0 fully saturated rings. The van der Waals surface area contributed by atoms with Gasteiger partial charge in [-0.15, -0.1) is 0 Å². The van der Waals surface area contributed by atoms with E-state index in [4.69, 9.17) is 37.0 Å². The fourth-order valence-corrected chi connectivity index (χ4v) is 14.7. The van der Waals surface area contributed by atoms with Crippen molar-refractivity contribution in [2.45, 2.75) is 470 Å². The lowest BCUT2D eigenvalue weighted by molar-refractivity contribution is -0.161. The van der Waals surface area contributed by atoms with Crippen molar-refractivity contribution in [1.82, 2.24) is 0 Å². The summed E-state index contributed by atoms with van der Waals surface area (Å²) in [7, 11) is -9.92. The molecule has 0 aliphatic rings. The molecule has 0 amide bonds. The van der Waals surface area contributed by atoms with E-state index in [9.17, 15) is 43.2 Å². The Morgan fingerprint density at radius 2 is 0.466 bits per heavy atom. The predicted octanol–water partition coefficient (Wildman–Crippen LogP) is 25.6. The third kappa shape index (κ3) is 76.6. The lowest BCUT2D eigenvalue weighted by Crippen LogP contribution is -2.30. The number of carbonyl (C=O) groups is 4. The van der Waals surface area contributed by atoms with Crippen LogP contribution >= 0.6 is 15.6 Å². The number of phosphoric acid groups is 2. The zero-order valence-corrected chi connectivity index (χ0v) is 69.3. The van der Waals surface area contributed by atoms with Gasteiger partial charge in [-0.2, -0.15) is 0 Å². The second-order valence-electron chi connectivity index (χ2n) is 30.5. The first-order valence-electron chi connectivity index (χ1n) is 43.7. The van der Waals surface area contributed by atoms with Crippen LogP contribution in [0.5, 0.6) is 0 Å². The maximum atomic E-state index is 13.1.